The van der Waals surface area contributed by atoms with E-state index in [9.17, 15) is 4.79 Å². The van der Waals surface area contributed by atoms with Crippen LogP contribution in [0.25, 0.3) is 0 Å². The van der Waals surface area contributed by atoms with Crippen LogP contribution in [0.5, 0.6) is 0 Å². The van der Waals surface area contributed by atoms with Crippen molar-refractivity contribution >= 4 is 50.3 Å². The van der Waals surface area contributed by atoms with Gasteiger partial charge < -0.3 is 0 Å². The lowest BCUT2D eigenvalue weighted by Crippen LogP contribution is -2.03. The normalized spacial score (nSPS) is 10.2. The minimum absolute atomic E-state index is 0.192. The van der Waals surface area contributed by atoms with Crippen molar-refractivity contribution in [3.63, 3.8) is 0 Å². The Labute approximate surface area is 106 Å². The highest BCUT2D eigenvalue weighted by Crippen LogP contribution is 2.19. The number of alkyl halides is 2. The first-order valence-corrected chi connectivity index (χ1v) is 6.80. The lowest BCUT2D eigenvalue weighted by molar-refractivity contribution is -0.115. The number of hydrogen-bond donors (Lipinski definition) is 1. The van der Waals surface area contributed by atoms with Crippen LogP contribution in [0.4, 0.5) is 0 Å². The molecule has 14 heavy (non-hydrogen) atoms. The third-order valence-electron chi connectivity index (χ3n) is 1.84. The van der Waals surface area contributed by atoms with E-state index in [0.29, 0.717) is 11.8 Å². The Hall–Kier alpha value is 0.200. The third-order valence-corrected chi connectivity index (χ3v) is 3.50. The van der Waals surface area contributed by atoms with Gasteiger partial charge in [0, 0.05) is 16.6 Å². The molecule has 1 aromatic rings. The summed E-state index contributed by atoms with van der Waals surface area (Å²) < 4.78 is 0. The van der Waals surface area contributed by atoms with E-state index in [-0.39, 0.29) is 5.78 Å². The van der Waals surface area contributed by atoms with E-state index < -0.39 is 0 Å². The van der Waals surface area contributed by atoms with Crippen LogP contribution in [0.15, 0.2) is 23.1 Å². The van der Waals surface area contributed by atoms with Crippen molar-refractivity contribution in [2.75, 3.05) is 5.33 Å². The van der Waals surface area contributed by atoms with Gasteiger partial charge in [-0.3, -0.25) is 4.79 Å². The first-order chi connectivity index (χ1) is 6.67. The Balaban J connectivity index is 2.84. The van der Waals surface area contributed by atoms with Gasteiger partial charge in [-0.25, -0.2) is 0 Å². The largest absolute Gasteiger partial charge is 0.298 e. The van der Waals surface area contributed by atoms with Gasteiger partial charge in [0.25, 0.3) is 0 Å². The van der Waals surface area contributed by atoms with Crippen LogP contribution < -0.4 is 0 Å². The number of thiol groups is 1. The molecule has 0 atom stereocenters. The van der Waals surface area contributed by atoms with E-state index in [0.717, 1.165) is 21.4 Å². The Kier molecular flexibility index (Phi) is 5.20. The van der Waals surface area contributed by atoms with E-state index in [4.69, 9.17) is 0 Å². The molecule has 0 aliphatic carbocycles. The summed E-state index contributed by atoms with van der Waals surface area (Å²) in [7, 11) is 0. The first kappa shape index (κ1) is 12.3. The summed E-state index contributed by atoms with van der Waals surface area (Å²) in [5.41, 5.74) is 2.16. The zero-order chi connectivity index (χ0) is 10.6. The number of carbonyl (C=O) groups is 1. The maximum absolute atomic E-state index is 11.2. The molecule has 1 aromatic carbocycles. The maximum Gasteiger partial charge on any atom is 0.147 e. The van der Waals surface area contributed by atoms with Crippen LogP contribution in [-0.4, -0.2) is 11.1 Å². The van der Waals surface area contributed by atoms with E-state index in [1.165, 1.54) is 0 Å². The van der Waals surface area contributed by atoms with Crippen molar-refractivity contribution < 1.29 is 4.79 Å². The second-order valence-corrected chi connectivity index (χ2v) is 4.55. The Morgan fingerprint density at radius 1 is 1.36 bits per heavy atom. The van der Waals surface area contributed by atoms with E-state index in [1.807, 2.05) is 18.2 Å². The van der Waals surface area contributed by atoms with E-state index in [1.54, 1.807) is 0 Å². The predicted octanol–water partition coefficient (Wildman–Crippen LogP) is 3.38. The average molecular weight is 338 g/mol. The lowest BCUT2D eigenvalue weighted by Gasteiger charge is -2.04. The number of hydrogen-bond acceptors (Lipinski definition) is 2. The monoisotopic (exact) mass is 336 g/mol. The Bertz CT molecular complexity index is 339. The lowest BCUT2D eigenvalue weighted by atomic mass is 10.1. The van der Waals surface area contributed by atoms with Gasteiger partial charge >= 0.3 is 0 Å². The number of carbonyl (C=O) groups excluding carboxylic acids is 1. The summed E-state index contributed by atoms with van der Waals surface area (Å²) in [6.07, 6.45) is 0.485. The van der Waals surface area contributed by atoms with E-state index >= 15 is 0 Å². The van der Waals surface area contributed by atoms with Crippen LogP contribution in [0.1, 0.15) is 11.1 Å². The smallest absolute Gasteiger partial charge is 0.147 e. The first-order valence-electron chi connectivity index (χ1n) is 4.11. The molecule has 0 saturated carbocycles. The molecule has 0 amide bonds. The molecule has 0 aromatic heterocycles. The van der Waals surface area contributed by atoms with Crippen LogP contribution in [0, 0.1) is 0 Å². The summed E-state index contributed by atoms with van der Waals surface area (Å²) in [6, 6.07) is 5.88. The number of halogens is 2. The van der Waals surface area contributed by atoms with Crippen molar-refractivity contribution in [1.29, 1.82) is 0 Å². The fourth-order valence-electron chi connectivity index (χ4n) is 1.13. The molecule has 0 spiro atoms. The highest BCUT2D eigenvalue weighted by atomic mass is 79.9. The molecule has 0 aliphatic heterocycles. The summed E-state index contributed by atoms with van der Waals surface area (Å²) in [5, 5.41) is 1.18. The average Bonchev–Trinajstić information content (AvgIpc) is 2.20. The summed E-state index contributed by atoms with van der Waals surface area (Å²) in [6.45, 7) is 0. The second kappa shape index (κ2) is 5.93. The fraction of sp³-hybridized carbons (Fsp3) is 0.300. The number of ketones is 1. The molecule has 0 fully saturated rings. The minimum Gasteiger partial charge on any atom is -0.298 e. The molecule has 4 heteroatoms. The Morgan fingerprint density at radius 3 is 2.64 bits per heavy atom. The number of benzene rings is 1. The van der Waals surface area contributed by atoms with Gasteiger partial charge in [-0.1, -0.05) is 44.0 Å². The van der Waals surface area contributed by atoms with Crippen molar-refractivity contribution in [2.24, 2.45) is 0 Å². The van der Waals surface area contributed by atoms with Crippen LogP contribution in [0.3, 0.4) is 0 Å². The SMILES string of the molecule is O=C(CBr)Cc1ccc(S)c(CBr)c1. The molecule has 0 N–H and O–H groups in total. The Morgan fingerprint density at radius 2 is 2.07 bits per heavy atom. The van der Waals surface area contributed by atoms with Gasteiger partial charge in [0.05, 0.1) is 5.33 Å². The van der Waals surface area contributed by atoms with E-state index in [2.05, 4.69) is 44.5 Å². The van der Waals surface area contributed by atoms with Gasteiger partial charge in [-0.15, -0.1) is 12.6 Å². The highest BCUT2D eigenvalue weighted by Gasteiger charge is 2.04. The van der Waals surface area contributed by atoms with Crippen LogP contribution >= 0.6 is 44.5 Å². The molecule has 0 heterocycles. The zero-order valence-corrected chi connectivity index (χ0v) is 11.5. The predicted molar refractivity (Wildman–Crippen MR) is 68.8 cm³/mol. The molecule has 0 bridgehead atoms. The summed E-state index contributed by atoms with van der Waals surface area (Å²) in [4.78, 5) is 12.1. The second-order valence-electron chi connectivity index (χ2n) is 2.95. The van der Waals surface area contributed by atoms with Crippen molar-refractivity contribution in [2.45, 2.75) is 16.6 Å². The van der Waals surface area contributed by atoms with Gasteiger partial charge in [0.1, 0.15) is 5.78 Å². The van der Waals surface area contributed by atoms with Crippen LogP contribution in [-0.2, 0) is 16.5 Å². The third kappa shape index (κ3) is 3.41. The quantitative estimate of drug-likeness (QED) is 0.658. The van der Waals surface area contributed by atoms with Crippen molar-refractivity contribution in [3.8, 4) is 0 Å². The van der Waals surface area contributed by atoms with Crippen molar-refractivity contribution in [3.05, 3.63) is 29.3 Å². The summed E-state index contributed by atoms with van der Waals surface area (Å²) in [5.74, 6) is 0.192. The molecule has 0 unspecified atom stereocenters. The molecule has 0 aliphatic rings. The van der Waals surface area contributed by atoms with Gasteiger partial charge in [0.15, 0.2) is 0 Å². The van der Waals surface area contributed by atoms with Gasteiger partial charge in [-0.2, -0.15) is 0 Å². The molecule has 0 saturated heterocycles. The summed E-state index contributed by atoms with van der Waals surface area (Å²) >= 11 is 10.8. The van der Waals surface area contributed by atoms with Crippen LogP contribution in [0.2, 0.25) is 0 Å². The highest BCUT2D eigenvalue weighted by molar-refractivity contribution is 9.09. The molecular formula is C10H10Br2OS. The zero-order valence-electron chi connectivity index (χ0n) is 7.46. The minimum atomic E-state index is 0.192. The van der Waals surface area contributed by atoms with Gasteiger partial charge in [0.2, 0.25) is 0 Å². The topological polar surface area (TPSA) is 17.1 Å². The maximum atomic E-state index is 11.2. The molecule has 1 rings (SSSR count). The molecule has 1 nitrogen and oxygen atoms in total. The van der Waals surface area contributed by atoms with Gasteiger partial charge in [-0.05, 0) is 17.2 Å². The molecule has 76 valence electrons. The standard InChI is InChI=1S/C10H10Br2OS/c11-5-8-3-7(1-2-10(8)14)4-9(13)6-12/h1-3,14H,4-6H2. The number of rotatable bonds is 4. The fourth-order valence-corrected chi connectivity index (χ4v) is 2.23. The number of Topliss-reactive ketones (excluding diaryl/α,β-unsaturated/α-hetero) is 1. The molecular weight excluding hydrogens is 328 g/mol. The van der Waals surface area contributed by atoms with Crippen molar-refractivity contribution in [1.82, 2.24) is 0 Å². The molecule has 0 radical (unpaired) electrons.